The van der Waals surface area contributed by atoms with E-state index in [1.54, 1.807) is 0 Å². The molecule has 0 saturated carbocycles. The highest BCUT2D eigenvalue weighted by molar-refractivity contribution is 6.09. The van der Waals surface area contributed by atoms with Crippen LogP contribution >= 0.6 is 0 Å². The van der Waals surface area contributed by atoms with Gasteiger partial charge in [-0.25, -0.2) is 4.79 Å². The minimum Gasteiger partial charge on any atom is -0.355 e. The van der Waals surface area contributed by atoms with Crippen LogP contribution in [-0.4, -0.2) is 35.8 Å². The number of carbonyl (C=O) groups is 3. The Bertz CT molecular complexity index is 928. The predicted octanol–water partition coefficient (Wildman–Crippen LogP) is 2.52. The van der Waals surface area contributed by atoms with Crippen LogP contribution in [0.4, 0.5) is 4.79 Å². The Balaban J connectivity index is 1.36. The molecule has 1 aliphatic heterocycles. The van der Waals surface area contributed by atoms with E-state index in [4.69, 9.17) is 0 Å². The summed E-state index contributed by atoms with van der Waals surface area (Å²) >= 11 is 0. The molecule has 1 spiro atoms. The average Bonchev–Trinajstić information content (AvgIpc) is 2.97. The van der Waals surface area contributed by atoms with E-state index in [0.29, 0.717) is 13.0 Å². The van der Waals surface area contributed by atoms with Gasteiger partial charge in [-0.1, -0.05) is 54.6 Å². The van der Waals surface area contributed by atoms with Crippen molar-refractivity contribution in [3.8, 4) is 0 Å². The molecule has 4 amide bonds. The van der Waals surface area contributed by atoms with Crippen molar-refractivity contribution in [2.24, 2.45) is 0 Å². The van der Waals surface area contributed by atoms with Crippen molar-refractivity contribution in [2.45, 2.75) is 37.6 Å². The Morgan fingerprint density at radius 1 is 1.07 bits per heavy atom. The number of nitrogens with one attached hydrogen (secondary N) is 2. The molecule has 1 saturated heterocycles. The molecule has 29 heavy (non-hydrogen) atoms. The van der Waals surface area contributed by atoms with Gasteiger partial charge in [-0.05, 0) is 48.8 Å². The molecule has 6 nitrogen and oxygen atoms in total. The van der Waals surface area contributed by atoms with Crippen LogP contribution in [0.5, 0.6) is 0 Å². The third-order valence-corrected chi connectivity index (χ3v) is 5.76. The van der Waals surface area contributed by atoms with Crippen molar-refractivity contribution in [1.29, 1.82) is 0 Å². The van der Waals surface area contributed by atoms with Crippen LogP contribution in [0.1, 0.15) is 36.0 Å². The summed E-state index contributed by atoms with van der Waals surface area (Å²) in [5.41, 5.74) is 2.13. The third-order valence-electron chi connectivity index (χ3n) is 5.76. The van der Waals surface area contributed by atoms with Crippen LogP contribution in [0.25, 0.3) is 0 Å². The van der Waals surface area contributed by atoms with E-state index in [2.05, 4.69) is 22.8 Å². The van der Waals surface area contributed by atoms with Gasteiger partial charge in [0, 0.05) is 6.54 Å². The fraction of sp³-hybridized carbons (Fsp3) is 0.348. The maximum absolute atomic E-state index is 13.2. The summed E-state index contributed by atoms with van der Waals surface area (Å²) in [4.78, 5) is 39.1. The number of aryl methyl sites for hydroxylation is 2. The van der Waals surface area contributed by atoms with Crippen molar-refractivity contribution in [3.63, 3.8) is 0 Å². The molecule has 2 N–H and O–H groups in total. The zero-order valence-corrected chi connectivity index (χ0v) is 16.3. The minimum atomic E-state index is -1.03. The molecule has 1 atom stereocenters. The number of imide groups is 1. The predicted molar refractivity (Wildman–Crippen MR) is 109 cm³/mol. The van der Waals surface area contributed by atoms with Gasteiger partial charge in [0.1, 0.15) is 12.1 Å². The van der Waals surface area contributed by atoms with Crippen molar-refractivity contribution in [1.82, 2.24) is 15.5 Å². The fourth-order valence-electron chi connectivity index (χ4n) is 4.32. The monoisotopic (exact) mass is 391 g/mol. The number of urea groups is 1. The van der Waals surface area contributed by atoms with E-state index in [1.165, 1.54) is 5.56 Å². The van der Waals surface area contributed by atoms with Crippen molar-refractivity contribution in [2.75, 3.05) is 13.1 Å². The Hall–Kier alpha value is -3.15. The highest BCUT2D eigenvalue weighted by Gasteiger charge is 2.54. The van der Waals surface area contributed by atoms with Gasteiger partial charge in [0.05, 0.1) is 0 Å². The quantitative estimate of drug-likeness (QED) is 0.587. The number of rotatable bonds is 6. The van der Waals surface area contributed by atoms with Crippen LogP contribution in [0.3, 0.4) is 0 Å². The summed E-state index contributed by atoms with van der Waals surface area (Å²) in [7, 11) is 0. The Morgan fingerprint density at radius 3 is 2.66 bits per heavy atom. The average molecular weight is 391 g/mol. The zero-order valence-electron chi connectivity index (χ0n) is 16.3. The Morgan fingerprint density at radius 2 is 1.83 bits per heavy atom. The highest BCUT2D eigenvalue weighted by Crippen LogP contribution is 2.39. The molecule has 0 radical (unpaired) electrons. The third kappa shape index (κ3) is 3.75. The lowest BCUT2D eigenvalue weighted by Gasteiger charge is -2.33. The molecule has 6 heteroatoms. The van der Waals surface area contributed by atoms with E-state index in [0.717, 1.165) is 41.7 Å². The number of carbonyl (C=O) groups excluding carboxylic acids is 3. The Kier molecular flexibility index (Phi) is 5.34. The molecule has 0 aromatic heterocycles. The number of hydrogen-bond acceptors (Lipinski definition) is 3. The molecule has 2 aromatic carbocycles. The van der Waals surface area contributed by atoms with Gasteiger partial charge in [-0.15, -0.1) is 0 Å². The molecule has 4 rings (SSSR count). The number of benzene rings is 2. The topological polar surface area (TPSA) is 78.5 Å². The summed E-state index contributed by atoms with van der Waals surface area (Å²) in [5.74, 6) is -0.642. The molecule has 0 bridgehead atoms. The molecule has 1 aliphatic carbocycles. The molecule has 1 heterocycles. The van der Waals surface area contributed by atoms with Gasteiger partial charge in [0.15, 0.2) is 0 Å². The van der Waals surface area contributed by atoms with Crippen LogP contribution in [0.2, 0.25) is 0 Å². The summed E-state index contributed by atoms with van der Waals surface area (Å²) in [6.45, 7) is 0.255. The van der Waals surface area contributed by atoms with E-state index >= 15 is 0 Å². The maximum Gasteiger partial charge on any atom is 0.325 e. The fourth-order valence-corrected chi connectivity index (χ4v) is 4.32. The number of amides is 4. The van der Waals surface area contributed by atoms with Gasteiger partial charge in [-0.2, -0.15) is 0 Å². The first-order valence-electron chi connectivity index (χ1n) is 10.1. The van der Waals surface area contributed by atoms with Crippen molar-refractivity contribution < 1.29 is 14.4 Å². The molecular formula is C23H25N3O3. The van der Waals surface area contributed by atoms with Gasteiger partial charge in [0.2, 0.25) is 5.91 Å². The lowest BCUT2D eigenvalue weighted by molar-refractivity contribution is -0.135. The first kappa shape index (κ1) is 19.2. The van der Waals surface area contributed by atoms with Gasteiger partial charge in [0.25, 0.3) is 5.91 Å². The molecule has 1 fully saturated rings. The normalized spacial score (nSPS) is 20.5. The van der Waals surface area contributed by atoms with E-state index in [1.807, 2.05) is 42.5 Å². The van der Waals surface area contributed by atoms with E-state index < -0.39 is 11.6 Å². The number of nitrogens with zero attached hydrogens (tertiary/aromatic N) is 1. The first-order valence-corrected chi connectivity index (χ1v) is 10.1. The molecule has 150 valence electrons. The minimum absolute atomic E-state index is 0.250. The molecule has 2 aliphatic rings. The number of fused-ring (bicyclic) bond motifs is 2. The van der Waals surface area contributed by atoms with E-state index in [9.17, 15) is 14.4 Å². The van der Waals surface area contributed by atoms with Crippen LogP contribution in [0, 0.1) is 0 Å². The van der Waals surface area contributed by atoms with Gasteiger partial charge in [-0.3, -0.25) is 14.5 Å². The van der Waals surface area contributed by atoms with Crippen LogP contribution in [-0.2, 0) is 28.0 Å². The lowest BCUT2D eigenvalue weighted by Crippen LogP contribution is -2.47. The second-order valence-corrected chi connectivity index (χ2v) is 7.68. The van der Waals surface area contributed by atoms with Crippen LogP contribution < -0.4 is 10.6 Å². The first-order chi connectivity index (χ1) is 14.1. The summed E-state index contributed by atoms with van der Waals surface area (Å²) in [5, 5.41) is 5.70. The SMILES string of the molecule is O=C(CN1C(=O)N[C@@]2(CCCc3ccccc32)C1=O)NCCCc1ccccc1. The molecular weight excluding hydrogens is 366 g/mol. The summed E-state index contributed by atoms with van der Waals surface area (Å²) in [6.07, 6.45) is 3.94. The molecule has 0 unspecified atom stereocenters. The maximum atomic E-state index is 13.2. The van der Waals surface area contributed by atoms with E-state index in [-0.39, 0.29) is 18.4 Å². The summed E-state index contributed by atoms with van der Waals surface area (Å²) < 4.78 is 0. The highest BCUT2D eigenvalue weighted by atomic mass is 16.2. The molecule has 2 aromatic rings. The largest absolute Gasteiger partial charge is 0.355 e. The van der Waals surface area contributed by atoms with Crippen LogP contribution in [0.15, 0.2) is 54.6 Å². The van der Waals surface area contributed by atoms with Crippen molar-refractivity contribution >= 4 is 17.8 Å². The van der Waals surface area contributed by atoms with Crippen molar-refractivity contribution in [3.05, 3.63) is 71.3 Å². The lowest BCUT2D eigenvalue weighted by atomic mass is 9.76. The van der Waals surface area contributed by atoms with Gasteiger partial charge >= 0.3 is 6.03 Å². The van der Waals surface area contributed by atoms with Gasteiger partial charge < -0.3 is 10.6 Å². The summed E-state index contributed by atoms with van der Waals surface area (Å²) in [6, 6.07) is 17.3. The number of hydrogen-bond donors (Lipinski definition) is 2. The second-order valence-electron chi connectivity index (χ2n) is 7.68. The smallest absolute Gasteiger partial charge is 0.325 e. The Labute approximate surface area is 170 Å². The zero-order chi connectivity index (χ0) is 20.3. The standard InChI is InChI=1S/C23H25N3O3/c27-20(24-15-7-10-17-8-2-1-3-9-17)16-26-21(28)23(25-22(26)29)14-6-12-18-11-4-5-13-19(18)23/h1-5,8-9,11,13H,6-7,10,12,14-16H2,(H,24,27)(H,25,29)/t23-/m1/s1. The second kappa shape index (κ2) is 8.07.